The fourth-order valence-corrected chi connectivity index (χ4v) is 2.50. The highest BCUT2D eigenvalue weighted by Crippen LogP contribution is 2.24. The molecule has 1 aliphatic rings. The molecular weight excluding hydrogens is 304 g/mol. The lowest BCUT2D eigenvalue weighted by Gasteiger charge is -2.39. The van der Waals surface area contributed by atoms with Crippen molar-refractivity contribution in [3.8, 4) is 0 Å². The van der Waals surface area contributed by atoms with Gasteiger partial charge in [-0.25, -0.2) is 0 Å². The third kappa shape index (κ3) is 3.50. The highest BCUT2D eigenvalue weighted by atomic mass is 16.6. The Labute approximate surface area is 133 Å². The van der Waals surface area contributed by atoms with Crippen molar-refractivity contribution in [2.45, 2.75) is 43.7 Å². The van der Waals surface area contributed by atoms with Crippen LogP contribution in [0.25, 0.3) is 6.08 Å². The van der Waals surface area contributed by atoms with Crippen molar-refractivity contribution in [3.63, 3.8) is 0 Å². The summed E-state index contributed by atoms with van der Waals surface area (Å²) in [6.07, 6.45) is -6.95. The van der Waals surface area contributed by atoms with E-state index < -0.39 is 42.6 Å². The third-order valence-electron chi connectivity index (χ3n) is 3.78. The minimum atomic E-state index is -1.81. The van der Waals surface area contributed by atoms with Crippen LogP contribution in [0.2, 0.25) is 0 Å². The summed E-state index contributed by atoms with van der Waals surface area (Å²) in [5, 5.41) is 48.7. The van der Waals surface area contributed by atoms with E-state index in [1.54, 1.807) is 37.3 Å². The van der Waals surface area contributed by atoms with Crippen LogP contribution in [0.4, 0.5) is 0 Å². The van der Waals surface area contributed by atoms with Crippen molar-refractivity contribution >= 4 is 11.9 Å². The number of carbonyl (C=O) groups is 1. The third-order valence-corrected chi connectivity index (χ3v) is 3.78. The van der Waals surface area contributed by atoms with E-state index in [9.17, 15) is 30.3 Å². The molecule has 126 valence electrons. The number of hydrogen-bond acceptors (Lipinski definition) is 7. The van der Waals surface area contributed by atoms with E-state index in [2.05, 4.69) is 0 Å². The van der Waals surface area contributed by atoms with Crippen molar-refractivity contribution < 1.29 is 35.1 Å². The predicted octanol–water partition coefficient (Wildman–Crippen LogP) is -0.937. The molecule has 1 aliphatic heterocycles. The van der Waals surface area contributed by atoms with Gasteiger partial charge in [0.05, 0.1) is 0 Å². The Morgan fingerprint density at radius 1 is 1.13 bits per heavy atom. The van der Waals surface area contributed by atoms with E-state index in [-0.39, 0.29) is 5.56 Å². The monoisotopic (exact) mass is 324 g/mol. The molecule has 0 saturated carbocycles. The van der Waals surface area contributed by atoms with Crippen LogP contribution in [-0.2, 0) is 4.74 Å². The highest BCUT2D eigenvalue weighted by molar-refractivity contribution is 6.02. The number of rotatable bonds is 4. The van der Waals surface area contributed by atoms with Crippen LogP contribution in [0.1, 0.15) is 22.8 Å². The van der Waals surface area contributed by atoms with Gasteiger partial charge >= 0.3 is 0 Å². The quantitative estimate of drug-likeness (QED) is 0.452. The summed E-state index contributed by atoms with van der Waals surface area (Å²) in [5.74, 6) is -0.724. The molecule has 5 N–H and O–H groups in total. The molecule has 1 fully saturated rings. The van der Waals surface area contributed by atoms with Gasteiger partial charge in [0.2, 0.25) is 0 Å². The Morgan fingerprint density at radius 2 is 1.78 bits per heavy atom. The summed E-state index contributed by atoms with van der Waals surface area (Å²) in [7, 11) is 0. The Bertz CT molecular complexity index is 586. The van der Waals surface area contributed by atoms with Crippen LogP contribution in [0.5, 0.6) is 0 Å². The zero-order chi connectivity index (χ0) is 17.1. The van der Waals surface area contributed by atoms with Gasteiger partial charge in [0, 0.05) is 5.56 Å². The fourth-order valence-electron chi connectivity index (χ4n) is 2.50. The summed E-state index contributed by atoms with van der Waals surface area (Å²) in [6, 6.07) is 6.55. The Morgan fingerprint density at radius 3 is 2.43 bits per heavy atom. The number of ketones is 1. The van der Waals surface area contributed by atoms with E-state index in [4.69, 9.17) is 4.74 Å². The van der Waals surface area contributed by atoms with Gasteiger partial charge in [0.1, 0.15) is 30.5 Å². The molecule has 7 heteroatoms. The van der Waals surface area contributed by atoms with Crippen LogP contribution in [0.15, 0.2) is 30.3 Å². The van der Waals surface area contributed by atoms with Gasteiger partial charge in [0.25, 0.3) is 0 Å². The van der Waals surface area contributed by atoms with Gasteiger partial charge in [-0.2, -0.15) is 0 Å². The van der Waals surface area contributed by atoms with E-state index in [1.165, 1.54) is 6.07 Å². The molecule has 2 rings (SSSR count). The van der Waals surface area contributed by atoms with Crippen LogP contribution in [-0.4, -0.2) is 68.1 Å². The minimum Gasteiger partial charge on any atom is -0.387 e. The maximum Gasteiger partial charge on any atom is 0.194 e. The van der Waals surface area contributed by atoms with Crippen LogP contribution in [0, 0.1) is 0 Å². The van der Waals surface area contributed by atoms with Crippen LogP contribution >= 0.6 is 0 Å². The molecule has 7 nitrogen and oxygen atoms in total. The average Bonchev–Trinajstić information content (AvgIpc) is 2.56. The van der Waals surface area contributed by atoms with Gasteiger partial charge < -0.3 is 30.3 Å². The standard InChI is InChI=1S/C16H20O7/c1-2-5-8-6-3-4-7-9(8)10(17)12(19)15-13(20)11(18)14(21)16(22)23-15/h2-7,11-16,18-22H,1H3/t11-,12?,13-,14+,15+,16-/m0/s1. The minimum absolute atomic E-state index is 0.212. The molecule has 6 atom stereocenters. The number of benzene rings is 1. The van der Waals surface area contributed by atoms with Crippen LogP contribution < -0.4 is 0 Å². The smallest absolute Gasteiger partial charge is 0.194 e. The maximum absolute atomic E-state index is 12.5. The maximum atomic E-state index is 12.5. The molecule has 0 bridgehead atoms. The lowest BCUT2D eigenvalue weighted by atomic mass is 9.90. The molecule has 0 aliphatic carbocycles. The number of Topliss-reactive ketones (excluding diaryl/α,β-unsaturated/α-hetero) is 1. The van der Waals surface area contributed by atoms with Gasteiger partial charge in [-0.1, -0.05) is 36.4 Å². The largest absolute Gasteiger partial charge is 0.387 e. The van der Waals surface area contributed by atoms with Gasteiger partial charge in [-0.05, 0) is 12.5 Å². The van der Waals surface area contributed by atoms with Gasteiger partial charge in [0.15, 0.2) is 12.1 Å². The zero-order valence-corrected chi connectivity index (χ0v) is 12.5. The van der Waals surface area contributed by atoms with Crippen molar-refractivity contribution in [3.05, 3.63) is 41.5 Å². The molecule has 1 heterocycles. The molecule has 0 aromatic heterocycles. The number of ether oxygens (including phenoxy) is 1. The van der Waals surface area contributed by atoms with Crippen LogP contribution in [0.3, 0.4) is 0 Å². The summed E-state index contributed by atoms with van der Waals surface area (Å²) in [4.78, 5) is 12.5. The van der Waals surface area contributed by atoms with Gasteiger partial charge in [-0.15, -0.1) is 0 Å². The predicted molar refractivity (Wildman–Crippen MR) is 80.4 cm³/mol. The SMILES string of the molecule is CC=Cc1ccccc1C(=O)C(O)[C@H]1O[C@H](O)[C@H](O)[C@@H](O)[C@@H]1O. The molecule has 0 amide bonds. The first-order valence-electron chi connectivity index (χ1n) is 7.20. The molecule has 1 saturated heterocycles. The molecule has 0 spiro atoms. The molecule has 23 heavy (non-hydrogen) atoms. The lowest BCUT2D eigenvalue weighted by molar-refractivity contribution is -0.292. The van der Waals surface area contributed by atoms with E-state index >= 15 is 0 Å². The van der Waals surface area contributed by atoms with Crippen molar-refractivity contribution in [2.24, 2.45) is 0 Å². The highest BCUT2D eigenvalue weighted by Gasteiger charge is 2.47. The second-order valence-electron chi connectivity index (χ2n) is 5.36. The molecule has 0 radical (unpaired) electrons. The van der Waals surface area contributed by atoms with Crippen molar-refractivity contribution in [1.29, 1.82) is 0 Å². The number of aliphatic hydroxyl groups excluding tert-OH is 5. The average molecular weight is 324 g/mol. The Kier molecular flexibility index (Phi) is 5.64. The van der Waals surface area contributed by atoms with E-state index in [1.807, 2.05) is 0 Å². The molecule has 1 aromatic carbocycles. The number of aliphatic hydroxyl groups is 5. The first-order chi connectivity index (χ1) is 10.9. The molecule has 1 unspecified atom stereocenters. The topological polar surface area (TPSA) is 127 Å². The summed E-state index contributed by atoms with van der Waals surface area (Å²) in [6.45, 7) is 1.78. The summed E-state index contributed by atoms with van der Waals surface area (Å²) in [5.41, 5.74) is 0.787. The fraction of sp³-hybridized carbons (Fsp3) is 0.438. The summed E-state index contributed by atoms with van der Waals surface area (Å²) >= 11 is 0. The first-order valence-corrected chi connectivity index (χ1v) is 7.20. The normalized spacial score (nSPS) is 32.9. The number of hydrogen-bond donors (Lipinski definition) is 5. The Balaban J connectivity index is 2.26. The second-order valence-corrected chi connectivity index (χ2v) is 5.36. The lowest BCUT2D eigenvalue weighted by Crippen LogP contribution is -2.61. The van der Waals surface area contributed by atoms with Crippen molar-refractivity contribution in [1.82, 2.24) is 0 Å². The first kappa shape index (κ1) is 17.7. The van der Waals surface area contributed by atoms with E-state index in [0.717, 1.165) is 0 Å². The van der Waals surface area contributed by atoms with E-state index in [0.29, 0.717) is 5.56 Å². The second kappa shape index (κ2) is 7.31. The Hall–Kier alpha value is -1.61. The number of allylic oxidation sites excluding steroid dienone is 1. The number of carbonyl (C=O) groups excluding carboxylic acids is 1. The van der Waals surface area contributed by atoms with Crippen molar-refractivity contribution in [2.75, 3.05) is 0 Å². The van der Waals surface area contributed by atoms with Gasteiger partial charge in [-0.3, -0.25) is 4.79 Å². The molecule has 1 aromatic rings. The zero-order valence-electron chi connectivity index (χ0n) is 12.5. The molecular formula is C16H20O7. The summed E-state index contributed by atoms with van der Waals surface area (Å²) < 4.78 is 4.89.